The average molecular weight is 442 g/mol. The predicted molar refractivity (Wildman–Crippen MR) is 122 cm³/mol. The molecule has 1 atom stereocenters. The lowest BCUT2D eigenvalue weighted by molar-refractivity contribution is -0.174. The van der Waals surface area contributed by atoms with Gasteiger partial charge in [-0.3, -0.25) is 9.47 Å². The third kappa shape index (κ3) is 3.82. The van der Waals surface area contributed by atoms with Gasteiger partial charge in [-0.05, 0) is 43.0 Å². The molecule has 0 bridgehead atoms. The molecule has 0 aliphatic carbocycles. The zero-order chi connectivity index (χ0) is 21.4. The Morgan fingerprint density at radius 3 is 2.68 bits per heavy atom. The van der Waals surface area contributed by atoms with E-state index >= 15 is 0 Å². The summed E-state index contributed by atoms with van der Waals surface area (Å²) in [5.74, 6) is 0. The number of halogens is 1. The van der Waals surface area contributed by atoms with Crippen molar-refractivity contribution in [3.63, 3.8) is 0 Å². The normalized spacial score (nSPS) is 23.4. The van der Waals surface area contributed by atoms with E-state index < -0.39 is 5.60 Å². The Bertz CT molecular complexity index is 1120. The highest BCUT2D eigenvalue weighted by atomic mass is 35.5. The first-order valence-corrected chi connectivity index (χ1v) is 11.3. The molecule has 0 amide bonds. The van der Waals surface area contributed by atoms with Gasteiger partial charge in [-0.15, -0.1) is 0 Å². The molecule has 5 rings (SSSR count). The van der Waals surface area contributed by atoms with Crippen molar-refractivity contribution in [2.45, 2.75) is 31.4 Å². The number of ether oxygens (including phenoxy) is 2. The first-order chi connectivity index (χ1) is 15.1. The van der Waals surface area contributed by atoms with Crippen molar-refractivity contribution in [2.75, 3.05) is 39.5 Å². The topological polar surface area (TPSA) is 59.5 Å². The average Bonchev–Trinajstić information content (AvgIpc) is 3.12. The zero-order valence-corrected chi connectivity index (χ0v) is 18.5. The second-order valence-corrected chi connectivity index (χ2v) is 9.06. The van der Waals surface area contributed by atoms with Gasteiger partial charge in [0.25, 0.3) is 0 Å². The highest BCUT2D eigenvalue weighted by Gasteiger charge is 2.40. The summed E-state index contributed by atoms with van der Waals surface area (Å²) < 4.78 is 14.1. The Hall–Kier alpha value is -2.12. The van der Waals surface area contributed by atoms with Gasteiger partial charge in [-0.1, -0.05) is 41.9 Å². The number of aromatic amines is 1. The van der Waals surface area contributed by atoms with Gasteiger partial charge in [0.1, 0.15) is 5.60 Å². The number of piperidine rings is 1. The van der Waals surface area contributed by atoms with E-state index in [0.717, 1.165) is 43.5 Å². The molecule has 2 saturated heterocycles. The van der Waals surface area contributed by atoms with Gasteiger partial charge in [-0.25, -0.2) is 4.79 Å². The molecule has 0 spiro atoms. The summed E-state index contributed by atoms with van der Waals surface area (Å²) >= 11 is 6.43. The van der Waals surface area contributed by atoms with Crippen LogP contribution >= 0.6 is 11.6 Å². The number of benzene rings is 2. The summed E-state index contributed by atoms with van der Waals surface area (Å²) in [5.41, 5.74) is 3.51. The maximum absolute atomic E-state index is 12.7. The van der Waals surface area contributed by atoms with Crippen LogP contribution in [0.15, 0.2) is 47.3 Å². The second kappa shape index (κ2) is 8.43. The fourth-order valence-corrected chi connectivity index (χ4v) is 5.44. The summed E-state index contributed by atoms with van der Waals surface area (Å²) in [6.45, 7) is 6.52. The standard InChI is InChI=1S/C24H28ClN3O3/c1-17-5-2-3-6-19(17)24(16-30-13-14-31-24)15-27-11-9-18(10-12-27)28-22-20(25)7-4-8-21(22)26-23(28)29/h2-8,18H,9-16H2,1H3,(H,26,29). The highest BCUT2D eigenvalue weighted by Crippen LogP contribution is 2.35. The molecule has 0 radical (unpaired) electrons. The molecule has 1 unspecified atom stereocenters. The quantitative estimate of drug-likeness (QED) is 0.667. The van der Waals surface area contributed by atoms with E-state index in [0.29, 0.717) is 24.8 Å². The van der Waals surface area contributed by atoms with Gasteiger partial charge >= 0.3 is 5.69 Å². The van der Waals surface area contributed by atoms with E-state index in [9.17, 15) is 4.79 Å². The molecule has 2 aliphatic rings. The summed E-state index contributed by atoms with van der Waals surface area (Å²) in [7, 11) is 0. The molecule has 2 aromatic carbocycles. The lowest BCUT2D eigenvalue weighted by Crippen LogP contribution is -2.51. The molecule has 1 N–H and O–H groups in total. The zero-order valence-electron chi connectivity index (χ0n) is 17.8. The lowest BCUT2D eigenvalue weighted by atomic mass is 9.88. The van der Waals surface area contributed by atoms with Crippen molar-refractivity contribution in [3.8, 4) is 0 Å². The van der Waals surface area contributed by atoms with Crippen molar-refractivity contribution >= 4 is 22.6 Å². The largest absolute Gasteiger partial charge is 0.376 e. The first-order valence-electron chi connectivity index (χ1n) is 11.0. The second-order valence-electron chi connectivity index (χ2n) is 8.65. The molecule has 0 saturated carbocycles. The lowest BCUT2D eigenvalue weighted by Gasteiger charge is -2.43. The molecule has 6 nitrogen and oxygen atoms in total. The van der Waals surface area contributed by atoms with Crippen LogP contribution in [0, 0.1) is 6.92 Å². The van der Waals surface area contributed by atoms with Gasteiger partial charge in [0.05, 0.1) is 35.9 Å². The summed E-state index contributed by atoms with van der Waals surface area (Å²) in [4.78, 5) is 18.1. The molecule has 3 aromatic rings. The number of H-pyrrole nitrogens is 1. The van der Waals surface area contributed by atoms with Crippen LogP contribution in [0.2, 0.25) is 5.02 Å². The monoisotopic (exact) mass is 441 g/mol. The predicted octanol–water partition coefficient (Wildman–Crippen LogP) is 3.87. The van der Waals surface area contributed by atoms with Crippen LogP contribution in [-0.2, 0) is 15.1 Å². The maximum Gasteiger partial charge on any atom is 0.326 e. The Balaban J connectivity index is 1.35. The number of imidazole rings is 1. The number of fused-ring (bicyclic) bond motifs is 1. The highest BCUT2D eigenvalue weighted by molar-refractivity contribution is 6.34. The van der Waals surface area contributed by atoms with Crippen LogP contribution in [0.25, 0.3) is 11.0 Å². The molecule has 2 aliphatic heterocycles. The fraction of sp³-hybridized carbons (Fsp3) is 0.458. The molecular weight excluding hydrogens is 414 g/mol. The number of para-hydroxylation sites is 1. The Morgan fingerprint density at radius 1 is 1.13 bits per heavy atom. The molecule has 31 heavy (non-hydrogen) atoms. The van der Waals surface area contributed by atoms with Gasteiger partial charge in [-0.2, -0.15) is 0 Å². The number of aryl methyl sites for hydroxylation is 1. The number of aromatic nitrogens is 2. The summed E-state index contributed by atoms with van der Waals surface area (Å²) in [5, 5.41) is 0.615. The van der Waals surface area contributed by atoms with Crippen molar-refractivity contribution in [1.82, 2.24) is 14.5 Å². The van der Waals surface area contributed by atoms with Crippen LogP contribution in [0.1, 0.15) is 30.0 Å². The molecule has 164 valence electrons. The van der Waals surface area contributed by atoms with Crippen molar-refractivity contribution in [1.29, 1.82) is 0 Å². The maximum atomic E-state index is 12.7. The van der Waals surface area contributed by atoms with Crippen LogP contribution in [0.4, 0.5) is 0 Å². The van der Waals surface area contributed by atoms with Crippen molar-refractivity contribution in [3.05, 3.63) is 69.1 Å². The number of likely N-dealkylation sites (tertiary alicyclic amines) is 1. The van der Waals surface area contributed by atoms with E-state index in [2.05, 4.69) is 41.1 Å². The first kappa shape index (κ1) is 20.8. The number of hydrogen-bond donors (Lipinski definition) is 1. The number of nitrogens with one attached hydrogen (secondary N) is 1. The third-order valence-corrected chi connectivity index (χ3v) is 6.97. The summed E-state index contributed by atoms with van der Waals surface area (Å²) in [6, 6.07) is 14.2. The van der Waals surface area contributed by atoms with Gasteiger partial charge < -0.3 is 14.5 Å². The Kier molecular flexibility index (Phi) is 5.65. The van der Waals surface area contributed by atoms with Gasteiger partial charge in [0, 0.05) is 25.7 Å². The number of rotatable bonds is 4. The van der Waals surface area contributed by atoms with Crippen molar-refractivity contribution < 1.29 is 9.47 Å². The molecule has 1 aromatic heterocycles. The molecule has 2 fully saturated rings. The minimum Gasteiger partial charge on any atom is -0.376 e. The fourth-order valence-electron chi connectivity index (χ4n) is 5.17. The van der Waals surface area contributed by atoms with Crippen molar-refractivity contribution in [2.24, 2.45) is 0 Å². The molecular formula is C24H28ClN3O3. The van der Waals surface area contributed by atoms with Crippen LogP contribution < -0.4 is 5.69 Å². The molecule has 7 heteroatoms. The number of nitrogens with zero attached hydrogens (tertiary/aromatic N) is 2. The van der Waals surface area contributed by atoms with Crippen LogP contribution in [0.5, 0.6) is 0 Å². The Labute approximate surface area is 186 Å². The number of hydrogen-bond acceptors (Lipinski definition) is 4. The minimum atomic E-state index is -0.447. The SMILES string of the molecule is Cc1ccccc1C1(CN2CCC(n3c(=O)[nH]c4cccc(Cl)c43)CC2)COCCO1. The molecule has 3 heterocycles. The van der Waals surface area contributed by atoms with E-state index in [1.54, 1.807) is 0 Å². The smallest absolute Gasteiger partial charge is 0.326 e. The van der Waals surface area contributed by atoms with Gasteiger partial charge in [0.15, 0.2) is 0 Å². The third-order valence-electron chi connectivity index (χ3n) is 6.67. The van der Waals surface area contributed by atoms with Gasteiger partial charge in [0.2, 0.25) is 0 Å². The summed E-state index contributed by atoms with van der Waals surface area (Å²) in [6.07, 6.45) is 1.78. The minimum absolute atomic E-state index is 0.0815. The van der Waals surface area contributed by atoms with E-state index in [4.69, 9.17) is 21.1 Å². The van der Waals surface area contributed by atoms with Crippen LogP contribution in [0.3, 0.4) is 0 Å². The van der Waals surface area contributed by atoms with Crippen LogP contribution in [-0.4, -0.2) is 53.9 Å². The van der Waals surface area contributed by atoms with E-state index in [1.807, 2.05) is 22.8 Å². The van der Waals surface area contributed by atoms with E-state index in [1.165, 1.54) is 11.1 Å². The van der Waals surface area contributed by atoms with E-state index in [-0.39, 0.29) is 11.7 Å². The Morgan fingerprint density at radius 2 is 1.94 bits per heavy atom.